The van der Waals surface area contributed by atoms with Crippen molar-refractivity contribution < 1.29 is 4.79 Å². The number of carbonyl (C=O) groups is 1. The van der Waals surface area contributed by atoms with Gasteiger partial charge in [0.2, 0.25) is 5.91 Å². The number of rotatable bonds is 3. The van der Waals surface area contributed by atoms with Gasteiger partial charge >= 0.3 is 0 Å². The first kappa shape index (κ1) is 14.9. The lowest BCUT2D eigenvalue weighted by atomic mass is 9.89. The largest absolute Gasteiger partial charge is 0.339 e. The van der Waals surface area contributed by atoms with Crippen molar-refractivity contribution in [3.8, 4) is 0 Å². The molecular formula is C15H24N4O. The van der Waals surface area contributed by atoms with Gasteiger partial charge in [0.05, 0.1) is 6.42 Å². The smallest absolute Gasteiger partial charge is 0.230 e. The summed E-state index contributed by atoms with van der Waals surface area (Å²) in [6, 6.07) is 0.489. The summed E-state index contributed by atoms with van der Waals surface area (Å²) in [5.41, 5.74) is 1.13. The molecule has 2 heterocycles. The molecule has 110 valence electrons. The van der Waals surface area contributed by atoms with Gasteiger partial charge < -0.3 is 9.80 Å². The van der Waals surface area contributed by atoms with Crippen LogP contribution in [0.1, 0.15) is 32.2 Å². The minimum absolute atomic E-state index is 0.0406. The average molecular weight is 276 g/mol. The second-order valence-electron chi connectivity index (χ2n) is 6.73. The van der Waals surface area contributed by atoms with Gasteiger partial charge in [-0.2, -0.15) is 0 Å². The van der Waals surface area contributed by atoms with Crippen molar-refractivity contribution in [2.75, 3.05) is 27.2 Å². The van der Waals surface area contributed by atoms with Crippen LogP contribution in [0, 0.1) is 0 Å². The molecule has 0 spiro atoms. The van der Waals surface area contributed by atoms with Gasteiger partial charge in [-0.1, -0.05) is 20.8 Å². The molecule has 0 N–H and O–H groups in total. The SMILES string of the molecule is CN(C)C1CN(C(=O)Cc2ncc(C(C)(C)C)cn2)C1. The van der Waals surface area contributed by atoms with E-state index in [1.165, 1.54) is 0 Å². The van der Waals surface area contributed by atoms with Crippen LogP contribution in [0.25, 0.3) is 0 Å². The molecule has 5 nitrogen and oxygen atoms in total. The lowest BCUT2D eigenvalue weighted by Gasteiger charge is -2.42. The van der Waals surface area contributed by atoms with Crippen LogP contribution in [0.5, 0.6) is 0 Å². The van der Waals surface area contributed by atoms with E-state index in [0.717, 1.165) is 18.7 Å². The highest BCUT2D eigenvalue weighted by Gasteiger charge is 2.31. The van der Waals surface area contributed by atoms with Crippen molar-refractivity contribution in [2.45, 2.75) is 38.6 Å². The van der Waals surface area contributed by atoms with Gasteiger partial charge in [0.15, 0.2) is 0 Å². The number of aromatic nitrogens is 2. The molecule has 5 heteroatoms. The fourth-order valence-corrected chi connectivity index (χ4v) is 2.07. The lowest BCUT2D eigenvalue weighted by Crippen LogP contribution is -2.59. The third-order valence-electron chi connectivity index (χ3n) is 3.83. The standard InChI is InChI=1S/C15H24N4O/c1-15(2,3)11-7-16-13(17-8-11)6-14(20)19-9-12(10-19)18(4)5/h7-8,12H,6,9-10H2,1-5H3. The molecule has 2 rings (SSSR count). The Kier molecular flexibility index (Phi) is 4.09. The predicted octanol–water partition coefficient (Wildman–Crippen LogP) is 1.09. The summed E-state index contributed by atoms with van der Waals surface area (Å²) in [6.07, 6.45) is 3.95. The van der Waals surface area contributed by atoms with E-state index in [1.807, 2.05) is 31.4 Å². The van der Waals surface area contributed by atoms with Crippen LogP contribution in [0.4, 0.5) is 0 Å². The van der Waals surface area contributed by atoms with E-state index >= 15 is 0 Å². The molecule has 0 aliphatic carbocycles. The van der Waals surface area contributed by atoms with Gasteiger partial charge in [-0.05, 0) is 25.1 Å². The van der Waals surface area contributed by atoms with Gasteiger partial charge in [-0.25, -0.2) is 9.97 Å². The number of amides is 1. The summed E-state index contributed by atoms with van der Waals surface area (Å²) in [6.45, 7) is 7.99. The number of hydrogen-bond donors (Lipinski definition) is 0. The van der Waals surface area contributed by atoms with Crippen molar-refractivity contribution in [1.82, 2.24) is 19.8 Å². The zero-order valence-electron chi connectivity index (χ0n) is 13.1. The molecule has 0 bridgehead atoms. The maximum atomic E-state index is 12.1. The van der Waals surface area contributed by atoms with E-state index in [4.69, 9.17) is 0 Å². The van der Waals surface area contributed by atoms with Crippen molar-refractivity contribution >= 4 is 5.91 Å². The van der Waals surface area contributed by atoms with Crippen molar-refractivity contribution in [3.63, 3.8) is 0 Å². The highest BCUT2D eigenvalue weighted by atomic mass is 16.2. The molecule has 1 aliphatic heterocycles. The molecule has 0 aromatic carbocycles. The van der Waals surface area contributed by atoms with Crippen molar-refractivity contribution in [2.24, 2.45) is 0 Å². The van der Waals surface area contributed by atoms with Crippen molar-refractivity contribution in [1.29, 1.82) is 0 Å². The summed E-state index contributed by atoms with van der Waals surface area (Å²) in [5.74, 6) is 0.725. The van der Waals surface area contributed by atoms with E-state index in [0.29, 0.717) is 18.3 Å². The topological polar surface area (TPSA) is 49.3 Å². The molecule has 0 saturated carbocycles. The normalized spacial score (nSPS) is 16.4. The van der Waals surface area contributed by atoms with Gasteiger partial charge in [0.25, 0.3) is 0 Å². The molecule has 1 aliphatic rings. The molecular weight excluding hydrogens is 252 g/mol. The Labute approximate surface area is 121 Å². The average Bonchev–Trinajstić information content (AvgIpc) is 2.25. The molecule has 1 aromatic heterocycles. The summed E-state index contributed by atoms with van der Waals surface area (Å²) >= 11 is 0. The Morgan fingerprint density at radius 1 is 1.30 bits per heavy atom. The molecule has 1 amide bonds. The maximum Gasteiger partial charge on any atom is 0.230 e. The number of likely N-dealkylation sites (tertiary alicyclic amines) is 1. The second kappa shape index (κ2) is 5.48. The minimum atomic E-state index is 0.0406. The van der Waals surface area contributed by atoms with E-state index in [9.17, 15) is 4.79 Å². The van der Waals surface area contributed by atoms with Gasteiger partial charge in [0.1, 0.15) is 5.82 Å². The summed E-state index contributed by atoms with van der Waals surface area (Å²) in [5, 5.41) is 0. The Morgan fingerprint density at radius 2 is 1.85 bits per heavy atom. The molecule has 0 atom stereocenters. The van der Waals surface area contributed by atoms with Crippen LogP contribution < -0.4 is 0 Å². The third kappa shape index (κ3) is 3.33. The highest BCUT2D eigenvalue weighted by molar-refractivity contribution is 5.78. The van der Waals surface area contributed by atoms with Crippen molar-refractivity contribution in [3.05, 3.63) is 23.8 Å². The second-order valence-corrected chi connectivity index (χ2v) is 6.73. The Bertz CT molecular complexity index is 470. The van der Waals surface area contributed by atoms with E-state index in [-0.39, 0.29) is 11.3 Å². The van der Waals surface area contributed by atoms with Crippen LogP contribution in [-0.4, -0.2) is 58.9 Å². The zero-order valence-corrected chi connectivity index (χ0v) is 13.1. The number of carbonyl (C=O) groups excluding carboxylic acids is 1. The van der Waals surface area contributed by atoms with Gasteiger partial charge in [-0.3, -0.25) is 4.79 Å². The van der Waals surface area contributed by atoms with Gasteiger partial charge in [0, 0.05) is 31.5 Å². The molecule has 0 unspecified atom stereocenters. The van der Waals surface area contributed by atoms with E-state index in [1.54, 1.807) is 0 Å². The first-order valence-corrected chi connectivity index (χ1v) is 7.03. The molecule has 1 saturated heterocycles. The minimum Gasteiger partial charge on any atom is -0.339 e. The third-order valence-corrected chi connectivity index (χ3v) is 3.83. The van der Waals surface area contributed by atoms with Crippen LogP contribution >= 0.6 is 0 Å². The Balaban J connectivity index is 1.90. The fraction of sp³-hybridized carbons (Fsp3) is 0.667. The van der Waals surface area contributed by atoms with E-state index in [2.05, 4.69) is 35.6 Å². The van der Waals surface area contributed by atoms with E-state index < -0.39 is 0 Å². The molecule has 0 radical (unpaired) electrons. The summed E-state index contributed by atoms with van der Waals surface area (Å²) in [4.78, 5) is 24.7. The highest BCUT2D eigenvalue weighted by Crippen LogP contribution is 2.20. The number of nitrogens with zero attached hydrogens (tertiary/aromatic N) is 4. The first-order chi connectivity index (χ1) is 9.27. The fourth-order valence-electron chi connectivity index (χ4n) is 2.07. The maximum absolute atomic E-state index is 12.1. The Hall–Kier alpha value is -1.49. The Morgan fingerprint density at radius 3 is 2.30 bits per heavy atom. The monoisotopic (exact) mass is 276 g/mol. The number of likely N-dealkylation sites (N-methyl/N-ethyl adjacent to an activating group) is 1. The van der Waals surface area contributed by atoms with Gasteiger partial charge in [-0.15, -0.1) is 0 Å². The van der Waals surface area contributed by atoms with Crippen LogP contribution in [0.15, 0.2) is 12.4 Å². The summed E-state index contributed by atoms with van der Waals surface area (Å²) < 4.78 is 0. The summed E-state index contributed by atoms with van der Waals surface area (Å²) in [7, 11) is 4.08. The quantitative estimate of drug-likeness (QED) is 0.829. The molecule has 1 fully saturated rings. The lowest BCUT2D eigenvalue weighted by molar-refractivity contribution is -0.137. The zero-order chi connectivity index (χ0) is 14.9. The van der Waals surface area contributed by atoms with Crippen LogP contribution in [-0.2, 0) is 16.6 Å². The molecule has 1 aromatic rings. The number of hydrogen-bond acceptors (Lipinski definition) is 4. The molecule has 20 heavy (non-hydrogen) atoms. The predicted molar refractivity (Wildman–Crippen MR) is 78.5 cm³/mol. The van der Waals surface area contributed by atoms with Crippen LogP contribution in [0.2, 0.25) is 0 Å². The van der Waals surface area contributed by atoms with Crippen LogP contribution in [0.3, 0.4) is 0 Å². The first-order valence-electron chi connectivity index (χ1n) is 7.03.